The van der Waals surface area contributed by atoms with Crippen molar-refractivity contribution in [2.45, 2.75) is 33.0 Å². The lowest BCUT2D eigenvalue weighted by Gasteiger charge is -2.39. The summed E-state index contributed by atoms with van der Waals surface area (Å²) in [6, 6.07) is 9.39. The molecule has 0 bridgehead atoms. The van der Waals surface area contributed by atoms with E-state index in [1.807, 2.05) is 35.2 Å². The number of ether oxygens (including phenoxy) is 2. The summed E-state index contributed by atoms with van der Waals surface area (Å²) in [4.78, 5) is 23.2. The molecule has 1 saturated heterocycles. The molecule has 0 saturated carbocycles. The van der Waals surface area contributed by atoms with Crippen molar-refractivity contribution < 1.29 is 18.7 Å². The first-order valence-electron chi connectivity index (χ1n) is 12.9. The van der Waals surface area contributed by atoms with Crippen molar-refractivity contribution in [1.29, 1.82) is 0 Å². The summed E-state index contributed by atoms with van der Waals surface area (Å²) >= 11 is 6.21. The Kier molecular flexibility index (Phi) is 10.3. The average molecular weight is 558 g/mol. The molecular formula is C27H33ClFN7O3. The number of nitrogens with zero attached hydrogens (tertiary/aromatic N) is 7. The Morgan fingerprint density at radius 1 is 1.18 bits per heavy atom. The van der Waals surface area contributed by atoms with Crippen molar-refractivity contribution in [3.63, 3.8) is 0 Å². The van der Waals surface area contributed by atoms with Gasteiger partial charge in [-0.05, 0) is 60.5 Å². The van der Waals surface area contributed by atoms with Crippen LogP contribution in [0.5, 0.6) is 5.75 Å². The highest BCUT2D eigenvalue weighted by molar-refractivity contribution is 6.30. The highest BCUT2D eigenvalue weighted by atomic mass is 35.5. The summed E-state index contributed by atoms with van der Waals surface area (Å²) in [5, 5.41) is 12.8. The van der Waals surface area contributed by atoms with E-state index >= 15 is 0 Å². The maximum atomic E-state index is 13.1. The molecule has 1 atom stereocenters. The van der Waals surface area contributed by atoms with Crippen molar-refractivity contribution in [2.75, 3.05) is 46.1 Å². The Balaban J connectivity index is 1.28. The zero-order chi connectivity index (χ0) is 27.6. The first-order chi connectivity index (χ1) is 18.9. The Bertz CT molecular complexity index is 1250. The summed E-state index contributed by atoms with van der Waals surface area (Å²) in [5.41, 5.74) is 2.70. The van der Waals surface area contributed by atoms with Gasteiger partial charge >= 0.3 is 0 Å². The van der Waals surface area contributed by atoms with Gasteiger partial charge in [-0.25, -0.2) is 4.39 Å². The Morgan fingerprint density at radius 3 is 2.77 bits per heavy atom. The number of amides is 1. The standard InChI is InChI=1S/C27H33ClFN7O3/c1-20-17-34(19-25-6-7-26(16-30-25)39-14-13-38-12-9-29)10-11-35(20)27(37)8-4-22-3-5-24(28)15-23(22)18-36-32-21(2)31-33-36/h3-8,15-16,20H,9-14,17-19H2,1-2H3/b8-4+. The molecule has 0 N–H and O–H groups in total. The molecule has 1 aliphatic rings. The topological polar surface area (TPSA) is 98.5 Å². The number of pyridine rings is 1. The molecule has 39 heavy (non-hydrogen) atoms. The van der Waals surface area contributed by atoms with Crippen LogP contribution in [0, 0.1) is 6.92 Å². The summed E-state index contributed by atoms with van der Waals surface area (Å²) in [6.07, 6.45) is 5.11. The number of hydrogen-bond acceptors (Lipinski definition) is 8. The molecule has 1 amide bonds. The van der Waals surface area contributed by atoms with Crippen LogP contribution in [0.1, 0.15) is 29.6 Å². The molecule has 0 spiro atoms. The van der Waals surface area contributed by atoms with Gasteiger partial charge in [0.1, 0.15) is 19.0 Å². The lowest BCUT2D eigenvalue weighted by molar-refractivity contribution is -0.130. The van der Waals surface area contributed by atoms with Crippen molar-refractivity contribution in [3.05, 3.63) is 70.3 Å². The molecule has 4 rings (SSSR count). The van der Waals surface area contributed by atoms with Crippen LogP contribution in [-0.4, -0.2) is 93.1 Å². The number of benzene rings is 1. The van der Waals surface area contributed by atoms with Gasteiger partial charge in [-0.2, -0.15) is 4.80 Å². The number of rotatable bonds is 12. The van der Waals surface area contributed by atoms with Gasteiger partial charge in [0.25, 0.3) is 0 Å². The second-order valence-electron chi connectivity index (χ2n) is 9.29. The van der Waals surface area contributed by atoms with E-state index in [0.29, 0.717) is 49.4 Å². The number of carbonyl (C=O) groups excluding carboxylic acids is 1. The first-order valence-corrected chi connectivity index (χ1v) is 13.2. The predicted octanol–water partition coefficient (Wildman–Crippen LogP) is 3.19. The average Bonchev–Trinajstić information content (AvgIpc) is 3.33. The lowest BCUT2D eigenvalue weighted by Crippen LogP contribution is -2.53. The third kappa shape index (κ3) is 8.54. The summed E-state index contributed by atoms with van der Waals surface area (Å²) < 4.78 is 22.7. The minimum atomic E-state index is -0.498. The molecule has 10 nitrogen and oxygen atoms in total. The van der Waals surface area contributed by atoms with E-state index in [1.54, 1.807) is 25.3 Å². The molecule has 1 aliphatic heterocycles. The number of aromatic nitrogens is 5. The van der Waals surface area contributed by atoms with E-state index in [4.69, 9.17) is 21.1 Å². The fraction of sp³-hybridized carbons (Fsp3) is 0.444. The third-order valence-electron chi connectivity index (χ3n) is 6.27. The van der Waals surface area contributed by atoms with Crippen molar-refractivity contribution in [1.82, 2.24) is 35.0 Å². The van der Waals surface area contributed by atoms with E-state index in [0.717, 1.165) is 29.9 Å². The monoisotopic (exact) mass is 557 g/mol. The molecule has 0 radical (unpaired) electrons. The molecule has 2 aromatic heterocycles. The van der Waals surface area contributed by atoms with E-state index < -0.39 is 6.67 Å². The molecule has 1 aromatic carbocycles. The summed E-state index contributed by atoms with van der Waals surface area (Å²) in [5.74, 6) is 1.20. The molecule has 3 aromatic rings. The SMILES string of the molecule is Cc1nnn(Cc2cc(Cl)ccc2/C=C/C(=O)N2CCN(Cc3ccc(OCCOCCF)cn3)CC2C)n1. The van der Waals surface area contributed by atoms with Crippen LogP contribution < -0.4 is 4.74 Å². The van der Waals surface area contributed by atoms with E-state index in [9.17, 15) is 9.18 Å². The zero-order valence-electron chi connectivity index (χ0n) is 22.2. The highest BCUT2D eigenvalue weighted by Crippen LogP contribution is 2.20. The van der Waals surface area contributed by atoms with Crippen LogP contribution in [-0.2, 0) is 22.6 Å². The van der Waals surface area contributed by atoms with Gasteiger partial charge in [0.2, 0.25) is 5.91 Å². The van der Waals surface area contributed by atoms with E-state index in [-0.39, 0.29) is 18.6 Å². The van der Waals surface area contributed by atoms with Gasteiger partial charge in [-0.3, -0.25) is 14.7 Å². The van der Waals surface area contributed by atoms with E-state index in [2.05, 4.69) is 32.2 Å². The van der Waals surface area contributed by atoms with Crippen LogP contribution >= 0.6 is 11.6 Å². The molecular weight excluding hydrogens is 525 g/mol. The number of alkyl halides is 1. The molecule has 208 valence electrons. The van der Waals surface area contributed by atoms with Gasteiger partial charge in [-0.15, -0.1) is 10.2 Å². The van der Waals surface area contributed by atoms with Gasteiger partial charge in [0, 0.05) is 43.3 Å². The minimum Gasteiger partial charge on any atom is -0.490 e. The largest absolute Gasteiger partial charge is 0.490 e. The number of piperazine rings is 1. The van der Waals surface area contributed by atoms with Crippen molar-refractivity contribution in [3.8, 4) is 5.75 Å². The smallest absolute Gasteiger partial charge is 0.246 e. The van der Waals surface area contributed by atoms with Crippen LogP contribution in [0.25, 0.3) is 6.08 Å². The Hall–Kier alpha value is -3.41. The quantitative estimate of drug-likeness (QED) is 0.247. The van der Waals surface area contributed by atoms with Crippen molar-refractivity contribution >= 4 is 23.6 Å². The molecule has 3 heterocycles. The van der Waals surface area contributed by atoms with E-state index in [1.165, 1.54) is 4.80 Å². The normalized spacial score (nSPS) is 16.2. The van der Waals surface area contributed by atoms with Gasteiger partial charge in [0.15, 0.2) is 5.82 Å². The van der Waals surface area contributed by atoms with Gasteiger partial charge in [-0.1, -0.05) is 17.7 Å². The minimum absolute atomic E-state index is 0.0344. The summed E-state index contributed by atoms with van der Waals surface area (Å²) in [7, 11) is 0. The third-order valence-corrected chi connectivity index (χ3v) is 6.51. The van der Waals surface area contributed by atoms with Crippen LogP contribution in [0.2, 0.25) is 5.02 Å². The Labute approximate surface area is 232 Å². The number of aryl methyl sites for hydroxylation is 1. The maximum Gasteiger partial charge on any atom is 0.246 e. The molecule has 0 aliphatic carbocycles. The number of carbonyl (C=O) groups is 1. The van der Waals surface area contributed by atoms with Gasteiger partial charge < -0.3 is 14.4 Å². The molecule has 12 heteroatoms. The lowest BCUT2D eigenvalue weighted by atomic mass is 10.1. The van der Waals surface area contributed by atoms with Gasteiger partial charge in [0.05, 0.1) is 31.6 Å². The fourth-order valence-electron chi connectivity index (χ4n) is 4.37. The van der Waals surface area contributed by atoms with Crippen LogP contribution in [0.3, 0.4) is 0 Å². The number of hydrogen-bond donors (Lipinski definition) is 0. The second-order valence-corrected chi connectivity index (χ2v) is 9.73. The van der Waals surface area contributed by atoms with Crippen LogP contribution in [0.15, 0.2) is 42.6 Å². The molecule has 1 fully saturated rings. The highest BCUT2D eigenvalue weighted by Gasteiger charge is 2.26. The maximum absolute atomic E-state index is 13.1. The number of halogens is 2. The van der Waals surface area contributed by atoms with Crippen LogP contribution in [0.4, 0.5) is 4.39 Å². The first kappa shape index (κ1) is 28.6. The second kappa shape index (κ2) is 14.1. The molecule has 1 unspecified atom stereocenters. The zero-order valence-corrected chi connectivity index (χ0v) is 22.9. The predicted molar refractivity (Wildman–Crippen MR) is 145 cm³/mol. The fourth-order valence-corrected chi connectivity index (χ4v) is 4.57. The number of tetrazole rings is 1. The Morgan fingerprint density at radius 2 is 2.05 bits per heavy atom. The summed E-state index contributed by atoms with van der Waals surface area (Å²) in [6.45, 7) is 7.31. The van der Waals surface area contributed by atoms with Crippen molar-refractivity contribution in [2.24, 2.45) is 0 Å².